The van der Waals surface area contributed by atoms with Gasteiger partial charge in [-0.25, -0.2) is 9.80 Å². The van der Waals surface area contributed by atoms with Gasteiger partial charge in [-0.05, 0) is 53.6 Å². The second-order valence-corrected chi connectivity index (χ2v) is 7.18. The molecule has 0 aromatic heterocycles. The maximum absolute atomic E-state index is 12.7. The van der Waals surface area contributed by atoms with Gasteiger partial charge in [0.25, 0.3) is 11.8 Å². The van der Waals surface area contributed by atoms with E-state index in [2.05, 4.69) is 5.43 Å². The molecule has 0 spiro atoms. The Bertz CT molecular complexity index is 1240. The van der Waals surface area contributed by atoms with Crippen molar-refractivity contribution in [1.29, 1.82) is 0 Å². The first kappa shape index (κ1) is 21.6. The number of anilines is 1. The van der Waals surface area contributed by atoms with Crippen LogP contribution in [-0.4, -0.2) is 30.0 Å². The number of hydrazine groups is 1. The fourth-order valence-electron chi connectivity index (χ4n) is 3.28. The predicted octanol–water partition coefficient (Wildman–Crippen LogP) is 3.43. The van der Waals surface area contributed by atoms with Crippen LogP contribution in [0.1, 0.15) is 21.5 Å². The number of ether oxygens (including phenoxy) is 2. The van der Waals surface area contributed by atoms with Crippen LogP contribution in [0.15, 0.2) is 78.4 Å². The van der Waals surface area contributed by atoms with E-state index in [0.29, 0.717) is 22.7 Å². The summed E-state index contributed by atoms with van der Waals surface area (Å²) in [6.45, 7) is 0.212. The first-order chi connectivity index (χ1) is 16.0. The van der Waals surface area contributed by atoms with E-state index >= 15 is 0 Å². The van der Waals surface area contributed by atoms with E-state index in [1.807, 2.05) is 6.07 Å². The number of para-hydroxylation sites is 1. The van der Waals surface area contributed by atoms with E-state index in [1.165, 1.54) is 30.3 Å². The molecule has 8 heteroatoms. The van der Waals surface area contributed by atoms with Crippen molar-refractivity contribution >= 4 is 29.5 Å². The lowest BCUT2D eigenvalue weighted by Crippen LogP contribution is -2.35. The van der Waals surface area contributed by atoms with Gasteiger partial charge in [-0.3, -0.25) is 15.0 Å². The van der Waals surface area contributed by atoms with E-state index in [-0.39, 0.29) is 17.7 Å². The van der Waals surface area contributed by atoms with Gasteiger partial charge in [0.1, 0.15) is 12.2 Å². The quantitative estimate of drug-likeness (QED) is 0.427. The summed E-state index contributed by atoms with van der Waals surface area (Å²) in [7, 11) is 1.49. The molecule has 4 rings (SSSR count). The van der Waals surface area contributed by atoms with Crippen molar-refractivity contribution in [2.75, 3.05) is 12.1 Å². The van der Waals surface area contributed by atoms with E-state index in [1.54, 1.807) is 54.6 Å². The number of benzene rings is 3. The largest absolute Gasteiger partial charge is 0.493 e. The highest BCUT2D eigenvalue weighted by Gasteiger charge is 2.34. The minimum absolute atomic E-state index is 0.00750. The summed E-state index contributed by atoms with van der Waals surface area (Å²) in [5, 5.41) is 10.2. The molecule has 2 N–H and O–H groups in total. The number of methoxy groups -OCH3 is 1. The van der Waals surface area contributed by atoms with Gasteiger partial charge in [0, 0.05) is 0 Å². The van der Waals surface area contributed by atoms with Gasteiger partial charge in [-0.2, -0.15) is 0 Å². The second-order valence-electron chi connectivity index (χ2n) is 7.18. The zero-order valence-electron chi connectivity index (χ0n) is 17.6. The number of carboxylic acids is 1. The summed E-state index contributed by atoms with van der Waals surface area (Å²) in [4.78, 5) is 36.1. The van der Waals surface area contributed by atoms with Gasteiger partial charge in [0.05, 0.1) is 18.4 Å². The molecule has 33 heavy (non-hydrogen) atoms. The number of nitrogens with zero attached hydrogens (tertiary/aromatic N) is 1. The van der Waals surface area contributed by atoms with E-state index in [0.717, 1.165) is 5.56 Å². The summed E-state index contributed by atoms with van der Waals surface area (Å²) < 4.78 is 11.2. The van der Waals surface area contributed by atoms with Crippen molar-refractivity contribution in [2.45, 2.75) is 6.61 Å². The van der Waals surface area contributed by atoms with Crippen molar-refractivity contribution < 1.29 is 29.0 Å². The smallest absolute Gasteiger partial charge is 0.335 e. The highest BCUT2D eigenvalue weighted by molar-refractivity contribution is 6.31. The molecule has 1 saturated heterocycles. The normalized spacial score (nSPS) is 14.3. The minimum Gasteiger partial charge on any atom is -0.493 e. The fourth-order valence-corrected chi connectivity index (χ4v) is 3.28. The molecule has 0 atom stereocenters. The summed E-state index contributed by atoms with van der Waals surface area (Å²) in [5.41, 5.74) is 4.73. The highest BCUT2D eigenvalue weighted by atomic mass is 16.5. The molecule has 0 aliphatic carbocycles. The van der Waals surface area contributed by atoms with Gasteiger partial charge in [0.15, 0.2) is 11.5 Å². The van der Waals surface area contributed by atoms with Crippen LogP contribution in [0.3, 0.4) is 0 Å². The zero-order chi connectivity index (χ0) is 23.4. The molecule has 0 saturated carbocycles. The first-order valence-corrected chi connectivity index (χ1v) is 10.0. The predicted molar refractivity (Wildman–Crippen MR) is 121 cm³/mol. The van der Waals surface area contributed by atoms with Crippen LogP contribution in [0.2, 0.25) is 0 Å². The average molecular weight is 444 g/mol. The number of carboxylic acid groups (broad SMARTS) is 1. The Balaban J connectivity index is 1.50. The van der Waals surface area contributed by atoms with Crippen LogP contribution in [0.25, 0.3) is 6.08 Å². The molecular formula is C25H20N2O6. The van der Waals surface area contributed by atoms with Gasteiger partial charge in [-0.15, -0.1) is 0 Å². The van der Waals surface area contributed by atoms with Crippen molar-refractivity contribution in [1.82, 2.24) is 5.43 Å². The van der Waals surface area contributed by atoms with Crippen LogP contribution in [0.5, 0.6) is 11.5 Å². The second kappa shape index (κ2) is 9.27. The Hall–Kier alpha value is -4.59. The molecule has 1 heterocycles. The summed E-state index contributed by atoms with van der Waals surface area (Å²) >= 11 is 0. The molecule has 2 amide bonds. The fraction of sp³-hybridized carbons (Fsp3) is 0.0800. The SMILES string of the molecule is COc1cc(C=C2C(=O)NN(c3ccccc3)C2=O)ccc1OCc1ccc(C(=O)O)cc1. The standard InChI is InChI=1S/C25H20N2O6/c1-32-22-14-17(9-12-21(22)33-15-16-7-10-18(11-8-16)25(30)31)13-20-23(28)26-27(24(20)29)19-5-3-2-4-6-19/h2-14H,15H2,1H3,(H,26,28)(H,30,31). The molecule has 3 aromatic carbocycles. The third-order valence-electron chi connectivity index (χ3n) is 5.00. The molecule has 166 valence electrons. The van der Waals surface area contributed by atoms with Crippen molar-refractivity contribution in [3.8, 4) is 11.5 Å². The molecule has 0 bridgehead atoms. The number of nitrogens with one attached hydrogen (secondary N) is 1. The van der Waals surface area contributed by atoms with Crippen LogP contribution in [-0.2, 0) is 16.2 Å². The van der Waals surface area contributed by atoms with Crippen LogP contribution in [0.4, 0.5) is 5.69 Å². The number of amides is 2. The zero-order valence-corrected chi connectivity index (χ0v) is 17.6. The van der Waals surface area contributed by atoms with Gasteiger partial charge >= 0.3 is 5.97 Å². The lowest BCUT2D eigenvalue weighted by Gasteiger charge is -2.14. The van der Waals surface area contributed by atoms with Gasteiger partial charge in [0.2, 0.25) is 0 Å². The molecule has 1 aliphatic heterocycles. The van der Waals surface area contributed by atoms with Crippen LogP contribution >= 0.6 is 0 Å². The Labute approximate surface area is 189 Å². The van der Waals surface area contributed by atoms with Crippen LogP contribution in [0, 0.1) is 0 Å². The topological polar surface area (TPSA) is 105 Å². The molecule has 1 fully saturated rings. The van der Waals surface area contributed by atoms with Crippen molar-refractivity contribution in [2.24, 2.45) is 0 Å². The Morgan fingerprint density at radius 3 is 2.39 bits per heavy atom. The Morgan fingerprint density at radius 1 is 1.00 bits per heavy atom. The van der Waals surface area contributed by atoms with Crippen molar-refractivity contribution in [3.05, 3.63) is 95.1 Å². The monoisotopic (exact) mass is 444 g/mol. The molecule has 8 nitrogen and oxygen atoms in total. The summed E-state index contributed by atoms with van der Waals surface area (Å²) in [6.07, 6.45) is 1.50. The minimum atomic E-state index is -0.991. The molecule has 3 aromatic rings. The number of carbonyl (C=O) groups is 3. The number of aromatic carboxylic acids is 1. The summed E-state index contributed by atoms with van der Waals surface area (Å²) in [5.74, 6) is -1.04. The average Bonchev–Trinajstić information content (AvgIpc) is 3.12. The van der Waals surface area contributed by atoms with E-state index < -0.39 is 17.8 Å². The van der Waals surface area contributed by atoms with Crippen molar-refractivity contribution in [3.63, 3.8) is 0 Å². The third-order valence-corrected chi connectivity index (χ3v) is 5.00. The Kier molecular flexibility index (Phi) is 6.08. The van der Waals surface area contributed by atoms with Crippen LogP contribution < -0.4 is 19.9 Å². The summed E-state index contributed by atoms with van der Waals surface area (Å²) in [6, 6.07) is 20.3. The molecular weight excluding hydrogens is 424 g/mol. The van der Waals surface area contributed by atoms with E-state index in [4.69, 9.17) is 14.6 Å². The van der Waals surface area contributed by atoms with E-state index in [9.17, 15) is 14.4 Å². The number of hydrogen-bond donors (Lipinski definition) is 2. The molecule has 0 radical (unpaired) electrons. The van der Waals surface area contributed by atoms with Gasteiger partial charge < -0.3 is 14.6 Å². The lowest BCUT2D eigenvalue weighted by atomic mass is 10.1. The first-order valence-electron chi connectivity index (χ1n) is 10.0. The number of hydrogen-bond acceptors (Lipinski definition) is 5. The third kappa shape index (κ3) is 4.69. The maximum atomic E-state index is 12.7. The lowest BCUT2D eigenvalue weighted by molar-refractivity contribution is -0.117. The number of rotatable bonds is 7. The number of carbonyl (C=O) groups excluding carboxylic acids is 2. The molecule has 0 unspecified atom stereocenters. The van der Waals surface area contributed by atoms with Gasteiger partial charge in [-0.1, -0.05) is 36.4 Å². The maximum Gasteiger partial charge on any atom is 0.335 e. The molecule has 1 aliphatic rings. The Morgan fingerprint density at radius 2 is 1.73 bits per heavy atom. The highest BCUT2D eigenvalue weighted by Crippen LogP contribution is 2.30.